The number of aromatic nitrogens is 2. The Kier molecular flexibility index (Phi) is 3.01. The fourth-order valence-corrected chi connectivity index (χ4v) is 1.98. The lowest BCUT2D eigenvalue weighted by Gasteiger charge is -1.94. The van der Waals surface area contributed by atoms with Crippen LogP contribution in [0, 0.1) is 0 Å². The van der Waals surface area contributed by atoms with Crippen molar-refractivity contribution in [3.63, 3.8) is 0 Å². The average Bonchev–Trinajstić information content (AvgIpc) is 2.82. The van der Waals surface area contributed by atoms with E-state index >= 15 is 0 Å². The van der Waals surface area contributed by atoms with Crippen LogP contribution in [-0.4, -0.2) is 10.2 Å². The summed E-state index contributed by atoms with van der Waals surface area (Å²) < 4.78 is 7.36. The van der Waals surface area contributed by atoms with Crippen LogP contribution in [0.4, 0.5) is 0 Å². The number of nitrogens with zero attached hydrogens (tertiary/aromatic N) is 2. The topological polar surface area (TPSA) is 47.0 Å². The van der Waals surface area contributed by atoms with Gasteiger partial charge in [0.05, 0.1) is 0 Å². The van der Waals surface area contributed by atoms with Crippen molar-refractivity contribution in [1.29, 1.82) is 0 Å². The van der Waals surface area contributed by atoms with Crippen LogP contribution in [0.2, 0.25) is 0 Å². The molecule has 0 aliphatic carbocycles. The average molecular weight is 274 g/mol. The standard InChI is InChI=1S/C14H10ClN2O2/c15-13(18)9-17-7-5-10(6-8-17)14-16-11-3-1-2-4-12(11)19-14/h1-8H,9H2/q+1. The van der Waals surface area contributed by atoms with Crippen molar-refractivity contribution in [3.05, 3.63) is 48.8 Å². The van der Waals surface area contributed by atoms with Crippen molar-refractivity contribution >= 4 is 27.9 Å². The van der Waals surface area contributed by atoms with Gasteiger partial charge in [-0.25, -0.2) is 4.98 Å². The van der Waals surface area contributed by atoms with Gasteiger partial charge in [-0.15, -0.1) is 0 Å². The summed E-state index contributed by atoms with van der Waals surface area (Å²) in [5, 5.41) is -0.403. The van der Waals surface area contributed by atoms with Crippen LogP contribution in [-0.2, 0) is 11.3 Å². The number of pyridine rings is 1. The van der Waals surface area contributed by atoms with Crippen molar-refractivity contribution in [3.8, 4) is 11.5 Å². The Morgan fingerprint density at radius 3 is 2.63 bits per heavy atom. The van der Waals surface area contributed by atoms with E-state index in [2.05, 4.69) is 4.98 Å². The van der Waals surface area contributed by atoms with Crippen LogP contribution in [0.3, 0.4) is 0 Å². The Hall–Kier alpha value is -2.20. The fourth-order valence-electron chi connectivity index (χ4n) is 1.84. The Morgan fingerprint density at radius 1 is 1.21 bits per heavy atom. The number of carbonyl (C=O) groups is 1. The molecule has 0 N–H and O–H groups in total. The third-order valence-electron chi connectivity index (χ3n) is 2.74. The van der Waals surface area contributed by atoms with E-state index in [1.807, 2.05) is 36.4 Å². The summed E-state index contributed by atoms with van der Waals surface area (Å²) >= 11 is 5.33. The Morgan fingerprint density at radius 2 is 1.95 bits per heavy atom. The molecule has 0 atom stereocenters. The van der Waals surface area contributed by atoms with Crippen LogP contribution in [0.5, 0.6) is 0 Å². The van der Waals surface area contributed by atoms with Gasteiger partial charge in [-0.3, -0.25) is 4.79 Å². The molecule has 3 aromatic rings. The molecule has 94 valence electrons. The van der Waals surface area contributed by atoms with E-state index in [1.165, 1.54) is 0 Å². The first-order valence-electron chi connectivity index (χ1n) is 5.76. The Bertz CT molecular complexity index is 702. The summed E-state index contributed by atoms with van der Waals surface area (Å²) in [7, 11) is 0. The summed E-state index contributed by atoms with van der Waals surface area (Å²) in [5.74, 6) is 0.561. The number of halogens is 1. The highest BCUT2D eigenvalue weighted by Gasteiger charge is 2.10. The lowest BCUT2D eigenvalue weighted by atomic mass is 10.2. The van der Waals surface area contributed by atoms with E-state index in [0.717, 1.165) is 16.7 Å². The Labute approximate surface area is 114 Å². The molecule has 1 aromatic carbocycles. The van der Waals surface area contributed by atoms with Crippen LogP contribution in [0.15, 0.2) is 53.2 Å². The number of oxazole rings is 1. The minimum atomic E-state index is -0.403. The minimum absolute atomic E-state index is 0.148. The largest absolute Gasteiger partial charge is 0.436 e. The van der Waals surface area contributed by atoms with Crippen LogP contribution < -0.4 is 4.57 Å². The third-order valence-corrected chi connectivity index (χ3v) is 2.86. The summed E-state index contributed by atoms with van der Waals surface area (Å²) in [4.78, 5) is 15.2. The van der Waals surface area contributed by atoms with Gasteiger partial charge in [0.15, 0.2) is 18.0 Å². The molecule has 0 saturated carbocycles. The lowest BCUT2D eigenvalue weighted by molar-refractivity contribution is -0.683. The van der Waals surface area contributed by atoms with Gasteiger partial charge < -0.3 is 4.42 Å². The molecule has 0 radical (unpaired) electrons. The molecule has 0 unspecified atom stereocenters. The predicted octanol–water partition coefficient (Wildman–Crippen LogP) is 2.55. The van der Waals surface area contributed by atoms with Gasteiger partial charge in [0.1, 0.15) is 5.52 Å². The number of carbonyl (C=O) groups excluding carboxylic acids is 1. The quantitative estimate of drug-likeness (QED) is 0.544. The SMILES string of the molecule is O=C(Cl)C[n+]1ccc(-c2nc3ccccc3o2)cc1. The monoisotopic (exact) mass is 273 g/mol. The maximum Gasteiger partial charge on any atom is 0.286 e. The first-order valence-corrected chi connectivity index (χ1v) is 6.13. The molecule has 0 saturated heterocycles. The third kappa shape index (κ3) is 2.48. The number of fused-ring (bicyclic) bond motifs is 1. The summed E-state index contributed by atoms with van der Waals surface area (Å²) in [6.07, 6.45) is 3.54. The van der Waals surface area contributed by atoms with Gasteiger partial charge in [-0.2, -0.15) is 4.57 Å². The molecule has 0 aliphatic rings. The second kappa shape index (κ2) is 4.82. The molecular weight excluding hydrogens is 264 g/mol. The second-order valence-corrected chi connectivity index (χ2v) is 4.52. The highest BCUT2D eigenvalue weighted by molar-refractivity contribution is 6.63. The number of hydrogen-bond donors (Lipinski definition) is 0. The van der Waals surface area contributed by atoms with Gasteiger partial charge >= 0.3 is 0 Å². The first-order chi connectivity index (χ1) is 9.22. The van der Waals surface area contributed by atoms with E-state index in [0.29, 0.717) is 5.89 Å². The predicted molar refractivity (Wildman–Crippen MR) is 70.5 cm³/mol. The number of hydrogen-bond acceptors (Lipinski definition) is 3. The smallest absolute Gasteiger partial charge is 0.286 e. The zero-order chi connectivity index (χ0) is 13.2. The van der Waals surface area contributed by atoms with Crippen molar-refractivity contribution in [2.45, 2.75) is 6.54 Å². The van der Waals surface area contributed by atoms with Gasteiger partial charge in [-0.1, -0.05) is 12.1 Å². The van der Waals surface area contributed by atoms with E-state index < -0.39 is 5.24 Å². The molecule has 2 heterocycles. The second-order valence-electron chi connectivity index (χ2n) is 4.10. The number of para-hydroxylation sites is 2. The first kappa shape index (κ1) is 11.9. The van der Waals surface area contributed by atoms with E-state index in [9.17, 15) is 4.79 Å². The fraction of sp³-hybridized carbons (Fsp3) is 0.0714. The van der Waals surface area contributed by atoms with Crippen molar-refractivity contribution in [1.82, 2.24) is 4.98 Å². The molecular formula is C14H10ClN2O2+. The maximum atomic E-state index is 10.8. The number of benzene rings is 1. The molecule has 0 fully saturated rings. The van der Waals surface area contributed by atoms with Crippen LogP contribution in [0.1, 0.15) is 0 Å². The zero-order valence-electron chi connectivity index (χ0n) is 9.91. The van der Waals surface area contributed by atoms with Crippen molar-refractivity contribution in [2.75, 3.05) is 0 Å². The minimum Gasteiger partial charge on any atom is -0.436 e. The van der Waals surface area contributed by atoms with Crippen LogP contribution in [0.25, 0.3) is 22.6 Å². The molecule has 19 heavy (non-hydrogen) atoms. The molecule has 0 bridgehead atoms. The van der Waals surface area contributed by atoms with Gasteiger partial charge in [0.25, 0.3) is 5.24 Å². The lowest BCUT2D eigenvalue weighted by Crippen LogP contribution is -2.35. The zero-order valence-corrected chi connectivity index (χ0v) is 10.7. The normalized spacial score (nSPS) is 10.8. The molecule has 0 amide bonds. The highest BCUT2D eigenvalue weighted by atomic mass is 35.5. The number of rotatable bonds is 3. The van der Waals surface area contributed by atoms with Gasteiger partial charge in [0, 0.05) is 17.7 Å². The molecule has 0 spiro atoms. The van der Waals surface area contributed by atoms with Gasteiger partial charge in [0.2, 0.25) is 12.4 Å². The van der Waals surface area contributed by atoms with Crippen LogP contribution >= 0.6 is 11.6 Å². The van der Waals surface area contributed by atoms with E-state index in [-0.39, 0.29) is 6.54 Å². The van der Waals surface area contributed by atoms with E-state index in [1.54, 1.807) is 17.0 Å². The summed E-state index contributed by atoms with van der Waals surface area (Å²) in [5.41, 5.74) is 2.44. The van der Waals surface area contributed by atoms with Crippen molar-refractivity contribution < 1.29 is 13.8 Å². The Balaban J connectivity index is 1.95. The maximum absolute atomic E-state index is 10.8. The molecule has 2 aromatic heterocycles. The van der Waals surface area contributed by atoms with E-state index in [4.69, 9.17) is 16.0 Å². The van der Waals surface area contributed by atoms with Crippen molar-refractivity contribution in [2.24, 2.45) is 0 Å². The molecule has 4 nitrogen and oxygen atoms in total. The summed E-state index contributed by atoms with van der Waals surface area (Å²) in [6, 6.07) is 11.3. The molecule has 3 rings (SSSR count). The molecule has 0 aliphatic heterocycles. The highest BCUT2D eigenvalue weighted by Crippen LogP contribution is 2.22. The molecule has 5 heteroatoms. The summed E-state index contributed by atoms with van der Waals surface area (Å²) in [6.45, 7) is 0.148. The van der Waals surface area contributed by atoms with Gasteiger partial charge in [-0.05, 0) is 23.7 Å².